The fourth-order valence-electron chi connectivity index (χ4n) is 1.76. The first-order chi connectivity index (χ1) is 9.51. The molecule has 1 atom stereocenters. The van der Waals surface area contributed by atoms with Crippen LogP contribution in [0.15, 0.2) is 10.6 Å². The molecule has 0 radical (unpaired) electrons. The highest BCUT2D eigenvalue weighted by atomic mass is 16.5. The number of aromatic nitrogens is 4. The van der Waals surface area contributed by atoms with Gasteiger partial charge in [0.15, 0.2) is 5.82 Å². The van der Waals surface area contributed by atoms with Crippen molar-refractivity contribution in [2.45, 2.75) is 39.3 Å². The third-order valence-corrected chi connectivity index (χ3v) is 2.89. The Labute approximate surface area is 118 Å². The van der Waals surface area contributed by atoms with Crippen molar-refractivity contribution >= 4 is 0 Å². The number of nitrogens with zero attached hydrogens (tertiary/aromatic N) is 4. The van der Waals surface area contributed by atoms with Crippen LogP contribution in [-0.2, 0) is 18.2 Å². The van der Waals surface area contributed by atoms with Crippen molar-refractivity contribution in [1.82, 2.24) is 19.9 Å². The molecule has 0 amide bonds. The first-order valence-corrected chi connectivity index (χ1v) is 6.75. The Morgan fingerprint density at radius 3 is 2.80 bits per heavy atom. The van der Waals surface area contributed by atoms with Gasteiger partial charge in [0.05, 0.1) is 24.4 Å². The molecule has 0 saturated heterocycles. The summed E-state index contributed by atoms with van der Waals surface area (Å²) in [6.07, 6.45) is 0.980. The minimum Gasteiger partial charge on any atom is -0.377 e. The third-order valence-electron chi connectivity index (χ3n) is 2.89. The van der Waals surface area contributed by atoms with Gasteiger partial charge in [-0.15, -0.1) is 0 Å². The molecule has 2 rings (SSSR count). The summed E-state index contributed by atoms with van der Waals surface area (Å²) in [7, 11) is 1.85. The van der Waals surface area contributed by atoms with Crippen LogP contribution >= 0.6 is 0 Å². The summed E-state index contributed by atoms with van der Waals surface area (Å²) in [6.45, 7) is 6.32. The van der Waals surface area contributed by atoms with Crippen LogP contribution in [-0.4, -0.2) is 32.6 Å². The summed E-state index contributed by atoms with van der Waals surface area (Å²) >= 11 is 0. The Bertz CT molecular complexity index is 561. The maximum absolute atomic E-state index is 5.97. The average Bonchev–Trinajstić information content (AvgIpc) is 3.01. The van der Waals surface area contributed by atoms with E-state index in [0.717, 1.165) is 17.8 Å². The van der Waals surface area contributed by atoms with Crippen LogP contribution in [0.4, 0.5) is 0 Å². The Kier molecular flexibility index (Phi) is 4.51. The molecule has 0 bridgehead atoms. The molecule has 0 aromatic carbocycles. The molecule has 0 aliphatic carbocycles. The van der Waals surface area contributed by atoms with Crippen LogP contribution in [0.2, 0.25) is 0 Å². The van der Waals surface area contributed by atoms with E-state index in [-0.39, 0.29) is 6.10 Å². The molecular weight excluding hydrogens is 258 g/mol. The number of rotatable bonds is 6. The second-order valence-electron chi connectivity index (χ2n) is 4.94. The molecule has 7 nitrogen and oxygen atoms in total. The van der Waals surface area contributed by atoms with Crippen LogP contribution in [0.1, 0.15) is 38.3 Å². The quantitative estimate of drug-likeness (QED) is 0.860. The Balaban J connectivity index is 2.13. The van der Waals surface area contributed by atoms with Crippen LogP contribution in [0, 0.1) is 0 Å². The fourth-order valence-corrected chi connectivity index (χ4v) is 1.76. The SMILES string of the molecule is CCc1cc(-c2nc(C(N)COC(C)C)no2)n(C)n1. The van der Waals surface area contributed by atoms with Crippen molar-refractivity contribution in [3.8, 4) is 11.6 Å². The van der Waals surface area contributed by atoms with Crippen molar-refractivity contribution in [2.75, 3.05) is 6.61 Å². The largest absolute Gasteiger partial charge is 0.377 e. The zero-order chi connectivity index (χ0) is 14.7. The topological polar surface area (TPSA) is 92.0 Å². The Morgan fingerprint density at radius 2 is 2.20 bits per heavy atom. The van der Waals surface area contributed by atoms with E-state index in [4.69, 9.17) is 15.0 Å². The maximum atomic E-state index is 5.97. The van der Waals surface area contributed by atoms with Gasteiger partial charge >= 0.3 is 0 Å². The molecule has 110 valence electrons. The summed E-state index contributed by atoms with van der Waals surface area (Å²) in [6, 6.07) is 1.54. The smallest absolute Gasteiger partial charge is 0.276 e. The standard InChI is InChI=1S/C13H21N5O2/c1-5-9-6-11(18(4)16-9)13-15-12(17-20-13)10(14)7-19-8(2)3/h6,8,10H,5,7,14H2,1-4H3. The van der Waals surface area contributed by atoms with Crippen LogP contribution in [0.3, 0.4) is 0 Å². The van der Waals surface area contributed by atoms with E-state index in [1.54, 1.807) is 4.68 Å². The van der Waals surface area contributed by atoms with Gasteiger partial charge in [0.25, 0.3) is 5.89 Å². The third kappa shape index (κ3) is 3.23. The average molecular weight is 279 g/mol. The molecule has 20 heavy (non-hydrogen) atoms. The predicted octanol–water partition coefficient (Wildman–Crippen LogP) is 1.46. The Morgan fingerprint density at radius 1 is 1.45 bits per heavy atom. The van der Waals surface area contributed by atoms with E-state index in [1.165, 1.54) is 0 Å². The molecule has 2 aromatic rings. The lowest BCUT2D eigenvalue weighted by atomic mass is 10.3. The second-order valence-corrected chi connectivity index (χ2v) is 4.94. The monoisotopic (exact) mass is 279 g/mol. The van der Waals surface area contributed by atoms with Crippen molar-refractivity contribution in [1.29, 1.82) is 0 Å². The van der Waals surface area contributed by atoms with Gasteiger partial charge in [0.2, 0.25) is 0 Å². The van der Waals surface area contributed by atoms with Gasteiger partial charge in [-0.3, -0.25) is 4.68 Å². The summed E-state index contributed by atoms with van der Waals surface area (Å²) in [5, 5.41) is 8.27. The lowest BCUT2D eigenvalue weighted by Crippen LogP contribution is -2.20. The molecule has 0 fully saturated rings. The highest BCUT2D eigenvalue weighted by Gasteiger charge is 2.18. The molecule has 2 aromatic heterocycles. The van der Waals surface area contributed by atoms with Gasteiger partial charge in [-0.25, -0.2) is 0 Å². The summed E-state index contributed by atoms with van der Waals surface area (Å²) in [4.78, 5) is 4.32. The lowest BCUT2D eigenvalue weighted by molar-refractivity contribution is 0.0665. The Hall–Kier alpha value is -1.73. The minimum atomic E-state index is -0.395. The highest BCUT2D eigenvalue weighted by molar-refractivity contribution is 5.47. The number of nitrogens with two attached hydrogens (primary N) is 1. The maximum Gasteiger partial charge on any atom is 0.276 e. The molecule has 2 heterocycles. The summed E-state index contributed by atoms with van der Waals surface area (Å²) < 4.78 is 12.4. The summed E-state index contributed by atoms with van der Waals surface area (Å²) in [5.74, 6) is 0.870. The fraction of sp³-hybridized carbons (Fsp3) is 0.615. The number of aryl methyl sites for hydroxylation is 2. The van der Waals surface area contributed by atoms with Crippen molar-refractivity contribution in [2.24, 2.45) is 12.8 Å². The predicted molar refractivity (Wildman–Crippen MR) is 73.9 cm³/mol. The summed E-state index contributed by atoms with van der Waals surface area (Å²) in [5.41, 5.74) is 7.74. The normalized spacial score (nSPS) is 13.1. The van der Waals surface area contributed by atoms with Crippen LogP contribution in [0.25, 0.3) is 11.6 Å². The van der Waals surface area contributed by atoms with Crippen molar-refractivity contribution < 1.29 is 9.26 Å². The minimum absolute atomic E-state index is 0.122. The molecule has 0 saturated carbocycles. The van der Waals surface area contributed by atoms with Gasteiger partial charge in [-0.05, 0) is 26.3 Å². The van der Waals surface area contributed by atoms with Gasteiger partial charge in [-0.1, -0.05) is 12.1 Å². The first-order valence-electron chi connectivity index (χ1n) is 6.75. The second kappa shape index (κ2) is 6.15. The zero-order valence-corrected chi connectivity index (χ0v) is 12.3. The van der Waals surface area contributed by atoms with Gasteiger partial charge in [0, 0.05) is 7.05 Å². The number of hydrogen-bond acceptors (Lipinski definition) is 6. The number of hydrogen-bond donors (Lipinski definition) is 1. The van der Waals surface area contributed by atoms with E-state index in [0.29, 0.717) is 18.3 Å². The molecule has 0 aliphatic rings. The molecule has 0 aliphatic heterocycles. The molecular formula is C13H21N5O2. The molecule has 2 N–H and O–H groups in total. The van der Waals surface area contributed by atoms with Gasteiger partial charge < -0.3 is 15.0 Å². The molecule has 7 heteroatoms. The van der Waals surface area contributed by atoms with E-state index in [2.05, 4.69) is 15.2 Å². The van der Waals surface area contributed by atoms with Crippen molar-refractivity contribution in [3.63, 3.8) is 0 Å². The van der Waals surface area contributed by atoms with Crippen molar-refractivity contribution in [3.05, 3.63) is 17.6 Å². The number of ether oxygens (including phenoxy) is 1. The molecule has 0 spiro atoms. The van der Waals surface area contributed by atoms with Gasteiger partial charge in [-0.2, -0.15) is 10.1 Å². The van der Waals surface area contributed by atoms with E-state index in [1.807, 2.05) is 33.9 Å². The van der Waals surface area contributed by atoms with E-state index >= 15 is 0 Å². The van der Waals surface area contributed by atoms with E-state index in [9.17, 15) is 0 Å². The van der Waals surface area contributed by atoms with Gasteiger partial charge in [0.1, 0.15) is 5.69 Å². The van der Waals surface area contributed by atoms with Crippen LogP contribution < -0.4 is 5.73 Å². The molecule has 1 unspecified atom stereocenters. The van der Waals surface area contributed by atoms with E-state index < -0.39 is 6.04 Å². The lowest BCUT2D eigenvalue weighted by Gasteiger charge is -2.10. The van der Waals surface area contributed by atoms with Crippen LogP contribution in [0.5, 0.6) is 0 Å². The first kappa shape index (κ1) is 14.7. The zero-order valence-electron chi connectivity index (χ0n) is 12.3. The highest BCUT2D eigenvalue weighted by Crippen LogP contribution is 2.19.